The average molecular weight is 474 g/mol. The van der Waals surface area contributed by atoms with E-state index in [-0.39, 0.29) is 14.8 Å². The molecule has 3 aliphatic heterocycles. The Morgan fingerprint density at radius 1 is 1.40 bits per heavy atom. The van der Waals surface area contributed by atoms with Crippen LogP contribution in [-0.4, -0.2) is 85.9 Å². The summed E-state index contributed by atoms with van der Waals surface area (Å²) in [6, 6.07) is -0.0528. The molecule has 0 aromatic carbocycles. The van der Waals surface area contributed by atoms with Gasteiger partial charge >= 0.3 is 134 Å². The zero-order valence-electron chi connectivity index (χ0n) is 11.4. The van der Waals surface area contributed by atoms with Crippen molar-refractivity contribution in [3.63, 3.8) is 0 Å². The number of amides is 1. The van der Waals surface area contributed by atoms with Crippen LogP contribution in [0.5, 0.6) is 0 Å². The minimum absolute atomic E-state index is 0.192. The predicted molar refractivity (Wildman–Crippen MR) is 73.6 cm³/mol. The Hall–Kier alpha value is -0.218. The fourth-order valence-electron chi connectivity index (χ4n) is 3.73. The van der Waals surface area contributed by atoms with Crippen LogP contribution in [0.3, 0.4) is 0 Å². The van der Waals surface area contributed by atoms with Gasteiger partial charge in [-0.15, -0.1) is 0 Å². The molecule has 3 unspecified atom stereocenters. The molecule has 0 aliphatic carbocycles. The van der Waals surface area contributed by atoms with Crippen LogP contribution in [0.2, 0.25) is 3.48 Å². The zero-order chi connectivity index (χ0) is 14.3. The van der Waals surface area contributed by atoms with Gasteiger partial charge in [0.25, 0.3) is 0 Å². The molecule has 3 aliphatic rings. The Morgan fingerprint density at radius 3 is 2.60 bits per heavy atom. The number of aliphatic carboxylic acids is 1. The number of nitrogens with one attached hydrogen (secondary N) is 2. The number of carbonyl (C=O) groups excluding carboxylic acids is 1. The van der Waals surface area contributed by atoms with Crippen LogP contribution >= 0.6 is 0 Å². The van der Waals surface area contributed by atoms with Crippen LogP contribution in [0.15, 0.2) is 0 Å². The predicted octanol–water partition coefficient (Wildman–Crippen LogP) is -1.03. The van der Waals surface area contributed by atoms with Crippen molar-refractivity contribution in [2.75, 3.05) is 26.2 Å². The van der Waals surface area contributed by atoms with E-state index in [1.807, 2.05) is 0 Å². The number of likely N-dealkylation sites (tertiary alicyclic amines) is 1. The molecule has 0 bridgehead atoms. The number of carboxylic acids is 1. The topological polar surface area (TPSA) is 81.7 Å². The first-order chi connectivity index (χ1) is 9.52. The van der Waals surface area contributed by atoms with E-state index < -0.39 is 12.0 Å². The van der Waals surface area contributed by atoms with Crippen LogP contribution in [0.25, 0.3) is 0 Å². The number of rotatable bonds is 2. The second-order valence-electron chi connectivity index (χ2n) is 6.24. The Kier molecular flexibility index (Phi) is 4.06. The summed E-state index contributed by atoms with van der Waals surface area (Å²) in [7, 11) is 0. The summed E-state index contributed by atoms with van der Waals surface area (Å²) >= 11 is 0.929. The molecule has 7 heteroatoms. The number of piperidine rings is 1. The molecule has 0 aromatic rings. The number of carboxylic acid groups (broad SMARTS) is 1. The van der Waals surface area contributed by atoms with Crippen molar-refractivity contribution in [1.29, 1.82) is 0 Å². The van der Waals surface area contributed by atoms with Crippen LogP contribution in [0.1, 0.15) is 19.3 Å². The second kappa shape index (κ2) is 5.53. The van der Waals surface area contributed by atoms with Gasteiger partial charge in [0.15, 0.2) is 0 Å². The molecule has 3 fully saturated rings. The number of carbonyl (C=O) groups is 2. The average Bonchev–Trinajstić information content (AvgIpc) is 3.03. The molecular weight excluding hydrogens is 453 g/mol. The Balaban J connectivity index is 1.57. The molecule has 109 valence electrons. The molecule has 1 spiro atoms. The van der Waals surface area contributed by atoms with Crippen molar-refractivity contribution in [2.24, 2.45) is 5.41 Å². The summed E-state index contributed by atoms with van der Waals surface area (Å²) < 4.78 is 0.248. The van der Waals surface area contributed by atoms with Crippen LogP contribution < -0.4 is 10.6 Å². The van der Waals surface area contributed by atoms with Crippen molar-refractivity contribution in [1.82, 2.24) is 15.5 Å². The van der Waals surface area contributed by atoms with Crippen molar-refractivity contribution < 1.29 is 14.7 Å². The van der Waals surface area contributed by atoms with Gasteiger partial charge in [0.2, 0.25) is 0 Å². The molecule has 0 saturated carbocycles. The van der Waals surface area contributed by atoms with Gasteiger partial charge in [-0.2, -0.15) is 0 Å². The molecular formula is C13H20N3O3Pb. The van der Waals surface area contributed by atoms with E-state index in [0.717, 1.165) is 64.8 Å². The monoisotopic (exact) mass is 474 g/mol. The number of nitrogens with zero attached hydrogens (tertiary/aromatic N) is 1. The van der Waals surface area contributed by atoms with Crippen molar-refractivity contribution in [2.45, 2.75) is 34.8 Å². The molecule has 20 heavy (non-hydrogen) atoms. The first-order valence-corrected chi connectivity index (χ1v) is 9.45. The first-order valence-electron chi connectivity index (χ1n) is 7.21. The molecule has 6 nitrogen and oxygen atoms in total. The molecule has 3 saturated heterocycles. The van der Waals surface area contributed by atoms with Gasteiger partial charge in [-0.05, 0) is 0 Å². The van der Waals surface area contributed by atoms with E-state index >= 15 is 0 Å². The third-order valence-electron chi connectivity index (χ3n) is 5.21. The van der Waals surface area contributed by atoms with Crippen molar-refractivity contribution in [3.05, 3.63) is 0 Å². The van der Waals surface area contributed by atoms with Crippen LogP contribution in [0, 0.1) is 5.41 Å². The Labute approximate surface area is 134 Å². The molecule has 3 N–H and O–H groups in total. The fraction of sp³-hybridized carbons (Fsp3) is 0.846. The summed E-state index contributed by atoms with van der Waals surface area (Å²) in [5.41, 5.74) is 0.192. The SMILES string of the molecule is O=C(O)C1CC(N2CCC3(CC2)CNC(=O)[CH]3[Pb])CN1. The van der Waals surface area contributed by atoms with E-state index in [2.05, 4.69) is 15.5 Å². The van der Waals surface area contributed by atoms with Gasteiger partial charge in [0, 0.05) is 0 Å². The summed E-state index contributed by atoms with van der Waals surface area (Å²) in [6.45, 7) is 3.60. The van der Waals surface area contributed by atoms with Crippen molar-refractivity contribution in [3.8, 4) is 0 Å². The minimum atomic E-state index is -0.744. The van der Waals surface area contributed by atoms with Crippen LogP contribution in [0.4, 0.5) is 0 Å². The van der Waals surface area contributed by atoms with Gasteiger partial charge in [-0.3, -0.25) is 0 Å². The van der Waals surface area contributed by atoms with E-state index in [1.165, 1.54) is 0 Å². The maximum atomic E-state index is 11.7. The summed E-state index contributed by atoms with van der Waals surface area (Å²) in [5, 5.41) is 15.1. The Morgan fingerprint density at radius 2 is 2.10 bits per heavy atom. The van der Waals surface area contributed by atoms with E-state index in [9.17, 15) is 9.59 Å². The third-order valence-corrected chi connectivity index (χ3v) is 8.61. The summed E-state index contributed by atoms with van der Waals surface area (Å²) in [6.07, 6.45) is 2.83. The molecule has 3 radical (unpaired) electrons. The van der Waals surface area contributed by atoms with Crippen LogP contribution in [-0.2, 0) is 9.59 Å². The zero-order valence-corrected chi connectivity index (χ0v) is 15.3. The van der Waals surface area contributed by atoms with E-state index in [0.29, 0.717) is 12.5 Å². The summed E-state index contributed by atoms with van der Waals surface area (Å²) in [4.78, 5) is 25.1. The standard InChI is InChI=1S/C13H20N3O3.Pb/c17-11-6-13(8-15-11)1-3-16(4-2-13)9-5-10(12(18)19)14-7-9;/h6,9-10,14H,1-5,7-8H2,(H,15,17)(H,18,19);. The maximum absolute atomic E-state index is 11.7. The second-order valence-corrected chi connectivity index (χ2v) is 8.48. The normalized spacial score (nSPS) is 37.2. The van der Waals surface area contributed by atoms with E-state index in [4.69, 9.17) is 5.11 Å². The quantitative estimate of drug-likeness (QED) is 0.447. The van der Waals surface area contributed by atoms with Gasteiger partial charge in [0.05, 0.1) is 0 Å². The first kappa shape index (κ1) is 14.7. The third kappa shape index (κ3) is 2.50. The van der Waals surface area contributed by atoms with Gasteiger partial charge in [0.1, 0.15) is 0 Å². The number of hydrogen-bond donors (Lipinski definition) is 3. The van der Waals surface area contributed by atoms with Gasteiger partial charge in [-0.25, -0.2) is 0 Å². The Bertz CT molecular complexity index is 423. The molecule has 3 atom stereocenters. The fourth-order valence-corrected chi connectivity index (χ4v) is 5.64. The number of hydrogen-bond acceptors (Lipinski definition) is 4. The van der Waals surface area contributed by atoms with E-state index in [1.54, 1.807) is 0 Å². The summed E-state index contributed by atoms with van der Waals surface area (Å²) in [5.74, 6) is -0.496. The molecule has 0 aromatic heterocycles. The molecule has 3 heterocycles. The van der Waals surface area contributed by atoms with Gasteiger partial charge < -0.3 is 0 Å². The van der Waals surface area contributed by atoms with Gasteiger partial charge in [-0.1, -0.05) is 0 Å². The molecule has 3 rings (SSSR count). The molecule has 1 amide bonds. The van der Waals surface area contributed by atoms with Crippen molar-refractivity contribution >= 4 is 37.6 Å².